The molecule has 3 heteroatoms. The number of phenols is 1. The van der Waals surface area contributed by atoms with Crippen molar-refractivity contribution >= 4 is 5.91 Å². The average Bonchev–Trinajstić information content (AvgIpc) is 2.28. The summed E-state index contributed by atoms with van der Waals surface area (Å²) in [6.07, 6.45) is 1.15. The van der Waals surface area contributed by atoms with Crippen molar-refractivity contribution in [1.82, 2.24) is 5.32 Å². The zero-order valence-corrected chi connectivity index (χ0v) is 10.7. The van der Waals surface area contributed by atoms with Crippen LogP contribution in [0.3, 0.4) is 0 Å². The molecule has 0 saturated carbocycles. The molecule has 0 aliphatic rings. The van der Waals surface area contributed by atoms with Gasteiger partial charge >= 0.3 is 0 Å². The van der Waals surface area contributed by atoms with E-state index in [9.17, 15) is 9.90 Å². The van der Waals surface area contributed by atoms with Crippen LogP contribution in [0.5, 0.6) is 5.75 Å². The fourth-order valence-corrected chi connectivity index (χ4v) is 1.83. The highest BCUT2D eigenvalue weighted by atomic mass is 16.3. The van der Waals surface area contributed by atoms with Crippen molar-refractivity contribution in [2.24, 2.45) is 5.92 Å². The number of nitrogens with one attached hydrogen (secondary N) is 1. The van der Waals surface area contributed by atoms with Gasteiger partial charge in [0.05, 0.1) is 6.42 Å². The number of para-hydroxylation sites is 1. The highest BCUT2D eigenvalue weighted by Crippen LogP contribution is 2.16. The lowest BCUT2D eigenvalue weighted by molar-refractivity contribution is -0.121. The van der Waals surface area contributed by atoms with E-state index >= 15 is 0 Å². The zero-order chi connectivity index (χ0) is 12.8. The Hall–Kier alpha value is -1.51. The van der Waals surface area contributed by atoms with Crippen LogP contribution in [0, 0.1) is 5.92 Å². The van der Waals surface area contributed by atoms with Crippen molar-refractivity contribution in [2.45, 2.75) is 39.7 Å². The lowest BCUT2D eigenvalue weighted by Crippen LogP contribution is -2.38. The number of hydrogen-bond donors (Lipinski definition) is 2. The summed E-state index contributed by atoms with van der Waals surface area (Å²) in [7, 11) is 0. The predicted molar refractivity (Wildman–Crippen MR) is 68.9 cm³/mol. The Morgan fingerprint density at radius 2 is 2.00 bits per heavy atom. The maximum atomic E-state index is 11.8. The molecule has 0 bridgehead atoms. The SMILES string of the molecule is CCC(NC(=O)Cc1ccccc1O)C(C)C. The van der Waals surface area contributed by atoms with Crippen molar-refractivity contribution in [3.05, 3.63) is 29.8 Å². The van der Waals surface area contributed by atoms with Crippen molar-refractivity contribution < 1.29 is 9.90 Å². The maximum absolute atomic E-state index is 11.8. The summed E-state index contributed by atoms with van der Waals surface area (Å²) in [5.41, 5.74) is 0.670. The fourth-order valence-electron chi connectivity index (χ4n) is 1.83. The van der Waals surface area contributed by atoms with Crippen LogP contribution in [0.2, 0.25) is 0 Å². The highest BCUT2D eigenvalue weighted by Gasteiger charge is 2.14. The minimum atomic E-state index is -0.0351. The first-order valence-electron chi connectivity index (χ1n) is 6.10. The van der Waals surface area contributed by atoms with Gasteiger partial charge < -0.3 is 10.4 Å². The third kappa shape index (κ3) is 4.10. The first-order chi connectivity index (χ1) is 8.04. The van der Waals surface area contributed by atoms with Crippen LogP contribution in [0.1, 0.15) is 32.8 Å². The number of amides is 1. The number of rotatable bonds is 5. The molecule has 94 valence electrons. The lowest BCUT2D eigenvalue weighted by atomic mass is 10.0. The largest absolute Gasteiger partial charge is 0.508 e. The van der Waals surface area contributed by atoms with Crippen LogP contribution < -0.4 is 5.32 Å². The minimum absolute atomic E-state index is 0.0351. The van der Waals surface area contributed by atoms with Gasteiger partial charge in [0.25, 0.3) is 0 Å². The molecule has 17 heavy (non-hydrogen) atoms. The second-order valence-electron chi connectivity index (χ2n) is 4.63. The Morgan fingerprint density at radius 1 is 1.35 bits per heavy atom. The van der Waals surface area contributed by atoms with E-state index in [-0.39, 0.29) is 24.1 Å². The molecule has 0 aliphatic heterocycles. The molecule has 2 N–H and O–H groups in total. The van der Waals surface area contributed by atoms with Gasteiger partial charge in [0.15, 0.2) is 0 Å². The highest BCUT2D eigenvalue weighted by molar-refractivity contribution is 5.79. The topological polar surface area (TPSA) is 49.3 Å². The van der Waals surface area contributed by atoms with E-state index in [1.165, 1.54) is 0 Å². The molecule has 3 nitrogen and oxygen atoms in total. The van der Waals surface area contributed by atoms with E-state index in [4.69, 9.17) is 0 Å². The van der Waals surface area contributed by atoms with Gasteiger partial charge in [0.2, 0.25) is 5.91 Å². The van der Waals surface area contributed by atoms with Crippen molar-refractivity contribution in [3.8, 4) is 5.75 Å². The summed E-state index contributed by atoms with van der Waals surface area (Å²) in [4.78, 5) is 11.8. The number of carbonyl (C=O) groups is 1. The third-order valence-electron chi connectivity index (χ3n) is 2.93. The van der Waals surface area contributed by atoms with Crippen LogP contribution in [-0.4, -0.2) is 17.1 Å². The second-order valence-corrected chi connectivity index (χ2v) is 4.63. The average molecular weight is 235 g/mol. The number of benzene rings is 1. The summed E-state index contributed by atoms with van der Waals surface area (Å²) in [6.45, 7) is 6.24. The van der Waals surface area contributed by atoms with Gasteiger partial charge in [-0.25, -0.2) is 0 Å². The van der Waals surface area contributed by atoms with Crippen LogP contribution >= 0.6 is 0 Å². The molecule has 0 aromatic heterocycles. The molecular weight excluding hydrogens is 214 g/mol. The molecule has 1 rings (SSSR count). The zero-order valence-electron chi connectivity index (χ0n) is 10.7. The van der Waals surface area contributed by atoms with E-state index in [1.54, 1.807) is 18.2 Å². The molecule has 1 aromatic carbocycles. The molecule has 0 saturated heterocycles. The van der Waals surface area contributed by atoms with Crippen LogP contribution in [0.25, 0.3) is 0 Å². The Labute approximate surface area is 103 Å². The molecule has 0 radical (unpaired) electrons. The van der Waals surface area contributed by atoms with Crippen LogP contribution in [0.4, 0.5) is 0 Å². The standard InChI is InChI=1S/C14H21NO2/c1-4-12(10(2)3)15-14(17)9-11-7-5-6-8-13(11)16/h5-8,10,12,16H,4,9H2,1-3H3,(H,15,17). The Balaban J connectivity index is 2.58. The summed E-state index contributed by atoms with van der Waals surface area (Å²) in [6, 6.07) is 7.14. The number of aromatic hydroxyl groups is 1. The fraction of sp³-hybridized carbons (Fsp3) is 0.500. The third-order valence-corrected chi connectivity index (χ3v) is 2.93. The molecule has 1 amide bonds. The van der Waals surface area contributed by atoms with E-state index in [1.807, 2.05) is 6.07 Å². The summed E-state index contributed by atoms with van der Waals surface area (Å²) in [5, 5.41) is 12.6. The Morgan fingerprint density at radius 3 is 2.53 bits per heavy atom. The van der Waals surface area contributed by atoms with E-state index in [0.29, 0.717) is 11.5 Å². The van der Waals surface area contributed by atoms with Gasteiger partial charge in [-0.3, -0.25) is 4.79 Å². The van der Waals surface area contributed by atoms with Gasteiger partial charge in [0.1, 0.15) is 5.75 Å². The van der Waals surface area contributed by atoms with E-state index in [0.717, 1.165) is 6.42 Å². The quantitative estimate of drug-likeness (QED) is 0.823. The maximum Gasteiger partial charge on any atom is 0.224 e. The first kappa shape index (κ1) is 13.6. The summed E-state index contributed by atoms with van der Waals surface area (Å²) in [5.74, 6) is 0.570. The lowest BCUT2D eigenvalue weighted by Gasteiger charge is -2.20. The van der Waals surface area contributed by atoms with Crippen molar-refractivity contribution in [1.29, 1.82) is 0 Å². The minimum Gasteiger partial charge on any atom is -0.508 e. The molecule has 1 unspecified atom stereocenters. The van der Waals surface area contributed by atoms with Gasteiger partial charge in [-0.05, 0) is 18.4 Å². The van der Waals surface area contributed by atoms with Gasteiger partial charge in [-0.15, -0.1) is 0 Å². The van der Waals surface area contributed by atoms with Crippen LogP contribution in [-0.2, 0) is 11.2 Å². The number of phenolic OH excluding ortho intramolecular Hbond substituents is 1. The van der Waals surface area contributed by atoms with Gasteiger partial charge in [-0.2, -0.15) is 0 Å². The number of hydrogen-bond acceptors (Lipinski definition) is 2. The van der Waals surface area contributed by atoms with Crippen molar-refractivity contribution in [3.63, 3.8) is 0 Å². The monoisotopic (exact) mass is 235 g/mol. The molecule has 0 aliphatic carbocycles. The predicted octanol–water partition coefficient (Wildman–Crippen LogP) is 2.49. The normalized spacial score (nSPS) is 12.5. The summed E-state index contributed by atoms with van der Waals surface area (Å²) >= 11 is 0. The van der Waals surface area contributed by atoms with E-state index < -0.39 is 0 Å². The Kier molecular flexibility index (Phi) is 5.01. The van der Waals surface area contributed by atoms with E-state index in [2.05, 4.69) is 26.1 Å². The van der Waals surface area contributed by atoms with Gasteiger partial charge in [-0.1, -0.05) is 39.0 Å². The Bertz CT molecular complexity index is 374. The van der Waals surface area contributed by atoms with Crippen LogP contribution in [0.15, 0.2) is 24.3 Å². The molecule has 0 heterocycles. The first-order valence-corrected chi connectivity index (χ1v) is 6.10. The smallest absolute Gasteiger partial charge is 0.224 e. The summed E-state index contributed by atoms with van der Waals surface area (Å²) < 4.78 is 0. The molecule has 0 spiro atoms. The molecule has 1 aromatic rings. The second kappa shape index (κ2) is 6.28. The van der Waals surface area contributed by atoms with Crippen molar-refractivity contribution in [2.75, 3.05) is 0 Å². The molecule has 0 fully saturated rings. The van der Waals surface area contributed by atoms with Gasteiger partial charge in [0, 0.05) is 11.6 Å². The number of carbonyl (C=O) groups excluding carboxylic acids is 1. The molecule has 1 atom stereocenters. The molecular formula is C14H21NO2.